The number of nitrogens with zero attached hydrogens (tertiary/aromatic N) is 1. The molecule has 0 fully saturated rings. The van der Waals surface area contributed by atoms with Crippen LogP contribution < -0.4 is 0 Å². The Morgan fingerprint density at radius 1 is 1.43 bits per heavy atom. The molecule has 0 spiro atoms. The van der Waals surface area contributed by atoms with E-state index in [2.05, 4.69) is 11.8 Å². The first-order valence-electron chi connectivity index (χ1n) is 4.03. The van der Waals surface area contributed by atoms with Gasteiger partial charge in [0.1, 0.15) is 12.4 Å². The summed E-state index contributed by atoms with van der Waals surface area (Å²) < 4.78 is 13.2. The summed E-state index contributed by atoms with van der Waals surface area (Å²) in [5.74, 6) is 4.37. The maximum Gasteiger partial charge on any atom is 0.139 e. The lowest BCUT2D eigenvalue weighted by Gasteiger charge is -1.97. The molecule has 2 nitrogen and oxygen atoms in total. The Morgan fingerprint density at radius 3 is 2.79 bits per heavy atom. The van der Waals surface area contributed by atoms with Crippen LogP contribution in [0.3, 0.4) is 0 Å². The first-order valence-corrected chi connectivity index (χ1v) is 4.03. The van der Waals surface area contributed by atoms with E-state index in [1.807, 2.05) is 6.07 Å². The van der Waals surface area contributed by atoms with E-state index in [4.69, 9.17) is 10.4 Å². The van der Waals surface area contributed by atoms with E-state index in [0.29, 0.717) is 5.56 Å². The SMILES string of the molecule is N#CCc1ccc(C#CCO)c(F)c1. The largest absolute Gasteiger partial charge is 0.384 e. The minimum absolute atomic E-state index is 0.185. The number of benzene rings is 1. The number of hydrogen-bond acceptors (Lipinski definition) is 2. The number of halogens is 1. The lowest BCUT2D eigenvalue weighted by molar-refractivity contribution is 0.350. The average Bonchev–Trinajstić information content (AvgIpc) is 2.17. The van der Waals surface area contributed by atoms with Crippen LogP contribution in [0.5, 0.6) is 0 Å². The van der Waals surface area contributed by atoms with Gasteiger partial charge in [0.25, 0.3) is 0 Å². The number of aliphatic hydroxyl groups is 1. The van der Waals surface area contributed by atoms with Crippen molar-refractivity contribution in [3.8, 4) is 17.9 Å². The molecule has 70 valence electrons. The normalized spacial score (nSPS) is 8.64. The lowest BCUT2D eigenvalue weighted by atomic mass is 10.1. The molecule has 0 amide bonds. The van der Waals surface area contributed by atoms with Gasteiger partial charge < -0.3 is 5.11 Å². The molecule has 0 aromatic heterocycles. The van der Waals surface area contributed by atoms with Gasteiger partial charge in [-0.1, -0.05) is 17.9 Å². The van der Waals surface area contributed by atoms with Crippen molar-refractivity contribution in [3.63, 3.8) is 0 Å². The van der Waals surface area contributed by atoms with Crippen LogP contribution in [-0.2, 0) is 6.42 Å². The van der Waals surface area contributed by atoms with Crippen LogP contribution in [-0.4, -0.2) is 11.7 Å². The highest BCUT2D eigenvalue weighted by molar-refractivity contribution is 5.38. The van der Waals surface area contributed by atoms with Crippen molar-refractivity contribution in [3.05, 3.63) is 35.1 Å². The van der Waals surface area contributed by atoms with E-state index < -0.39 is 5.82 Å². The van der Waals surface area contributed by atoms with Gasteiger partial charge in [0.15, 0.2) is 0 Å². The summed E-state index contributed by atoms with van der Waals surface area (Å²) in [6, 6.07) is 6.36. The second kappa shape index (κ2) is 5.01. The maximum absolute atomic E-state index is 13.2. The van der Waals surface area contributed by atoms with Crippen molar-refractivity contribution in [1.29, 1.82) is 5.26 Å². The molecule has 3 heteroatoms. The molecule has 0 radical (unpaired) electrons. The topological polar surface area (TPSA) is 44.0 Å². The lowest BCUT2D eigenvalue weighted by Crippen LogP contribution is -1.88. The molecule has 0 aliphatic carbocycles. The molecule has 1 aromatic carbocycles. The summed E-state index contributed by atoms with van der Waals surface area (Å²) in [5, 5.41) is 16.8. The summed E-state index contributed by atoms with van der Waals surface area (Å²) in [4.78, 5) is 0. The molecule has 1 rings (SSSR count). The zero-order chi connectivity index (χ0) is 10.4. The predicted octanol–water partition coefficient (Wildman–Crippen LogP) is 1.24. The highest BCUT2D eigenvalue weighted by Gasteiger charge is 2.00. The minimum atomic E-state index is -0.460. The van der Waals surface area contributed by atoms with Gasteiger partial charge in [0.2, 0.25) is 0 Å². The van der Waals surface area contributed by atoms with Crippen LogP contribution >= 0.6 is 0 Å². The fourth-order valence-corrected chi connectivity index (χ4v) is 0.996. The summed E-state index contributed by atoms with van der Waals surface area (Å²) >= 11 is 0. The minimum Gasteiger partial charge on any atom is -0.384 e. The van der Waals surface area contributed by atoms with Gasteiger partial charge in [0, 0.05) is 0 Å². The fraction of sp³-hybridized carbons (Fsp3) is 0.182. The summed E-state index contributed by atoms with van der Waals surface area (Å²) in [7, 11) is 0. The molecule has 1 aromatic rings. The third-order valence-corrected chi connectivity index (χ3v) is 1.62. The van der Waals surface area contributed by atoms with E-state index in [9.17, 15) is 4.39 Å². The van der Waals surface area contributed by atoms with E-state index in [1.54, 1.807) is 6.07 Å². The standard InChI is InChI=1S/C11H8FNO/c12-11-8-9(5-6-13)3-4-10(11)2-1-7-14/h3-4,8,14H,5,7H2. The van der Waals surface area contributed by atoms with Crippen molar-refractivity contribution in [2.45, 2.75) is 6.42 Å². The molecule has 0 saturated heterocycles. The average molecular weight is 189 g/mol. The van der Waals surface area contributed by atoms with Crippen LogP contribution in [0.1, 0.15) is 11.1 Å². The van der Waals surface area contributed by atoms with Gasteiger partial charge in [-0.25, -0.2) is 4.39 Å². The van der Waals surface area contributed by atoms with Crippen molar-refractivity contribution in [2.75, 3.05) is 6.61 Å². The van der Waals surface area contributed by atoms with E-state index in [0.717, 1.165) is 0 Å². The molecule has 0 heterocycles. The molecule has 0 unspecified atom stereocenters. The van der Waals surface area contributed by atoms with Gasteiger partial charge in [-0.15, -0.1) is 0 Å². The third kappa shape index (κ3) is 2.58. The molecular formula is C11H8FNO. The van der Waals surface area contributed by atoms with Crippen LogP contribution in [0.15, 0.2) is 18.2 Å². The molecule has 0 bridgehead atoms. The van der Waals surface area contributed by atoms with Crippen molar-refractivity contribution in [2.24, 2.45) is 0 Å². The Bertz CT molecular complexity index is 423. The molecule has 14 heavy (non-hydrogen) atoms. The highest BCUT2D eigenvalue weighted by Crippen LogP contribution is 2.09. The molecule has 0 aliphatic heterocycles. The van der Waals surface area contributed by atoms with E-state index >= 15 is 0 Å². The number of hydrogen-bond donors (Lipinski definition) is 1. The van der Waals surface area contributed by atoms with Crippen molar-refractivity contribution >= 4 is 0 Å². The van der Waals surface area contributed by atoms with E-state index in [1.165, 1.54) is 12.1 Å². The molecule has 1 N–H and O–H groups in total. The zero-order valence-electron chi connectivity index (χ0n) is 7.42. The van der Waals surface area contributed by atoms with E-state index in [-0.39, 0.29) is 18.6 Å². The second-order valence-electron chi connectivity index (χ2n) is 2.61. The Balaban J connectivity index is 2.96. The third-order valence-electron chi connectivity index (χ3n) is 1.62. The quantitative estimate of drug-likeness (QED) is 0.675. The van der Waals surface area contributed by atoms with Crippen molar-refractivity contribution < 1.29 is 9.50 Å². The smallest absolute Gasteiger partial charge is 0.139 e. The monoisotopic (exact) mass is 189 g/mol. The molecular weight excluding hydrogens is 181 g/mol. The second-order valence-corrected chi connectivity index (χ2v) is 2.61. The first kappa shape index (κ1) is 10.2. The molecule has 0 saturated carbocycles. The number of nitriles is 1. The van der Waals surface area contributed by atoms with Crippen LogP contribution in [0.25, 0.3) is 0 Å². The molecule has 0 aliphatic rings. The first-order chi connectivity index (χ1) is 6.77. The van der Waals surface area contributed by atoms with Gasteiger partial charge in [-0.2, -0.15) is 5.26 Å². The highest BCUT2D eigenvalue weighted by atomic mass is 19.1. The van der Waals surface area contributed by atoms with Gasteiger partial charge in [-0.05, 0) is 17.7 Å². The molecule has 0 atom stereocenters. The maximum atomic E-state index is 13.2. The number of aliphatic hydroxyl groups excluding tert-OH is 1. The Hall–Kier alpha value is -1.84. The van der Waals surface area contributed by atoms with Crippen LogP contribution in [0.2, 0.25) is 0 Å². The Kier molecular flexibility index (Phi) is 3.67. The van der Waals surface area contributed by atoms with Crippen LogP contribution in [0, 0.1) is 29.0 Å². The van der Waals surface area contributed by atoms with Gasteiger partial charge in [0.05, 0.1) is 18.1 Å². The Morgan fingerprint density at radius 2 is 2.21 bits per heavy atom. The Labute approximate surface area is 81.6 Å². The zero-order valence-corrected chi connectivity index (χ0v) is 7.42. The summed E-state index contributed by atoms with van der Waals surface area (Å²) in [6.45, 7) is -0.292. The summed E-state index contributed by atoms with van der Waals surface area (Å²) in [5.41, 5.74) is 0.861. The predicted molar refractivity (Wildman–Crippen MR) is 49.7 cm³/mol. The van der Waals surface area contributed by atoms with Gasteiger partial charge in [-0.3, -0.25) is 0 Å². The fourth-order valence-electron chi connectivity index (χ4n) is 0.996. The van der Waals surface area contributed by atoms with Crippen molar-refractivity contribution in [1.82, 2.24) is 0 Å². The van der Waals surface area contributed by atoms with Crippen LogP contribution in [0.4, 0.5) is 4.39 Å². The summed E-state index contributed by atoms with van der Waals surface area (Å²) in [6.07, 6.45) is 0.185. The van der Waals surface area contributed by atoms with Gasteiger partial charge >= 0.3 is 0 Å². The number of rotatable bonds is 1.